The minimum atomic E-state index is -3.10. The molecule has 0 aliphatic carbocycles. The van der Waals surface area contributed by atoms with Crippen LogP contribution in [0.2, 0.25) is 0 Å². The van der Waals surface area contributed by atoms with Gasteiger partial charge in [0.2, 0.25) is 10.0 Å². The van der Waals surface area contributed by atoms with Gasteiger partial charge in [0.05, 0.1) is 12.3 Å². The predicted molar refractivity (Wildman–Crippen MR) is 91.8 cm³/mol. The summed E-state index contributed by atoms with van der Waals surface area (Å²) in [5.74, 6) is 0.795. The molecule has 0 atom stereocenters. The van der Waals surface area contributed by atoms with E-state index in [0.29, 0.717) is 32.0 Å². The third-order valence-electron chi connectivity index (χ3n) is 2.93. The van der Waals surface area contributed by atoms with Gasteiger partial charge in [0.25, 0.3) is 0 Å². The van der Waals surface area contributed by atoms with Crippen LogP contribution in [-0.4, -0.2) is 45.3 Å². The van der Waals surface area contributed by atoms with Crippen LogP contribution in [0.25, 0.3) is 0 Å². The van der Waals surface area contributed by atoms with Gasteiger partial charge in [-0.05, 0) is 19.8 Å². The summed E-state index contributed by atoms with van der Waals surface area (Å²) in [5, 5.41) is 7.36. The van der Waals surface area contributed by atoms with Gasteiger partial charge >= 0.3 is 0 Å². The maximum absolute atomic E-state index is 11.3. The van der Waals surface area contributed by atoms with E-state index in [1.807, 2.05) is 6.20 Å². The molecule has 0 aliphatic rings. The molecule has 0 spiro atoms. The number of nitrogens with one attached hydrogen (secondary N) is 3. The number of rotatable bonds is 9. The van der Waals surface area contributed by atoms with Gasteiger partial charge in [-0.25, -0.2) is 18.1 Å². The van der Waals surface area contributed by atoms with Gasteiger partial charge in [-0.1, -0.05) is 6.92 Å². The molecule has 0 aromatic carbocycles. The first-order valence-electron chi connectivity index (χ1n) is 7.36. The molecule has 0 bridgehead atoms. The summed E-state index contributed by atoms with van der Waals surface area (Å²) in [6.45, 7) is 5.43. The number of aromatic nitrogens is 1. The average molecular weight is 348 g/mol. The zero-order valence-corrected chi connectivity index (χ0v) is 15.0. The highest BCUT2D eigenvalue weighted by atomic mass is 32.2. The molecule has 0 saturated heterocycles. The van der Waals surface area contributed by atoms with E-state index in [0.717, 1.165) is 11.4 Å². The Labute approximate surface area is 136 Å². The Morgan fingerprint density at radius 2 is 2.09 bits per heavy atom. The monoisotopic (exact) mass is 347 g/mol. The first kappa shape index (κ1) is 18.9. The zero-order chi connectivity index (χ0) is 16.4. The highest BCUT2D eigenvalue weighted by Crippen LogP contribution is 2.12. The molecule has 3 N–H and O–H groups in total. The number of aliphatic imine (C=N–C) groups is 1. The number of sulfonamides is 1. The van der Waals surface area contributed by atoms with Crippen molar-refractivity contribution in [3.63, 3.8) is 0 Å². The SMILES string of the molecule is CCc1cnc(CNC(=NC)NCCCNS(=O)(=O)CC)s1. The van der Waals surface area contributed by atoms with E-state index in [-0.39, 0.29) is 5.75 Å². The van der Waals surface area contributed by atoms with Crippen LogP contribution in [0, 0.1) is 0 Å². The van der Waals surface area contributed by atoms with Crippen LogP contribution in [0.15, 0.2) is 11.2 Å². The molecule has 0 amide bonds. The minimum Gasteiger partial charge on any atom is -0.356 e. The van der Waals surface area contributed by atoms with E-state index in [2.05, 4.69) is 32.3 Å². The minimum absolute atomic E-state index is 0.108. The summed E-state index contributed by atoms with van der Waals surface area (Å²) in [4.78, 5) is 9.73. The molecule has 0 radical (unpaired) electrons. The van der Waals surface area contributed by atoms with Gasteiger partial charge in [-0.3, -0.25) is 4.99 Å². The van der Waals surface area contributed by atoms with Crippen molar-refractivity contribution in [1.29, 1.82) is 0 Å². The second-order valence-corrected chi connectivity index (χ2v) is 7.87. The van der Waals surface area contributed by atoms with Gasteiger partial charge in [-0.15, -0.1) is 11.3 Å². The summed E-state index contributed by atoms with van der Waals surface area (Å²) in [6.07, 6.45) is 3.59. The Balaban J connectivity index is 2.23. The Bertz CT molecular complexity index is 569. The molecular formula is C13H25N5O2S2. The fourth-order valence-electron chi connectivity index (χ4n) is 1.60. The normalized spacial score (nSPS) is 12.4. The third kappa shape index (κ3) is 7.19. The van der Waals surface area contributed by atoms with E-state index >= 15 is 0 Å². The highest BCUT2D eigenvalue weighted by molar-refractivity contribution is 7.89. The lowest BCUT2D eigenvalue weighted by atomic mass is 10.4. The molecule has 1 heterocycles. The molecular weight excluding hydrogens is 322 g/mol. The van der Waals surface area contributed by atoms with Gasteiger partial charge in [-0.2, -0.15) is 0 Å². The lowest BCUT2D eigenvalue weighted by molar-refractivity contribution is 0.579. The van der Waals surface area contributed by atoms with E-state index in [4.69, 9.17) is 0 Å². The van der Waals surface area contributed by atoms with E-state index < -0.39 is 10.0 Å². The molecule has 0 aliphatic heterocycles. The second-order valence-electron chi connectivity index (χ2n) is 4.58. The van der Waals surface area contributed by atoms with Crippen molar-refractivity contribution >= 4 is 27.3 Å². The van der Waals surface area contributed by atoms with Crippen molar-refractivity contribution in [1.82, 2.24) is 20.3 Å². The van der Waals surface area contributed by atoms with E-state index in [9.17, 15) is 8.42 Å². The molecule has 126 valence electrons. The fraction of sp³-hybridized carbons (Fsp3) is 0.692. The number of hydrogen-bond donors (Lipinski definition) is 3. The van der Waals surface area contributed by atoms with Crippen molar-refractivity contribution in [2.75, 3.05) is 25.9 Å². The second kappa shape index (κ2) is 9.75. The Morgan fingerprint density at radius 3 is 2.68 bits per heavy atom. The molecule has 22 heavy (non-hydrogen) atoms. The first-order valence-corrected chi connectivity index (χ1v) is 9.83. The largest absolute Gasteiger partial charge is 0.356 e. The Morgan fingerprint density at radius 1 is 1.32 bits per heavy atom. The third-order valence-corrected chi connectivity index (χ3v) is 5.47. The van der Waals surface area contributed by atoms with Gasteiger partial charge in [0, 0.05) is 31.2 Å². The summed E-state index contributed by atoms with van der Waals surface area (Å²) < 4.78 is 25.1. The number of aryl methyl sites for hydroxylation is 1. The van der Waals surface area contributed by atoms with Crippen molar-refractivity contribution < 1.29 is 8.42 Å². The lowest BCUT2D eigenvalue weighted by Gasteiger charge is -2.11. The maximum Gasteiger partial charge on any atom is 0.211 e. The van der Waals surface area contributed by atoms with Crippen LogP contribution < -0.4 is 15.4 Å². The van der Waals surface area contributed by atoms with Gasteiger partial charge < -0.3 is 10.6 Å². The molecule has 1 aromatic heterocycles. The van der Waals surface area contributed by atoms with Crippen LogP contribution in [0.1, 0.15) is 30.2 Å². The summed E-state index contributed by atoms with van der Waals surface area (Å²) in [7, 11) is -1.40. The number of thiazole rings is 1. The smallest absolute Gasteiger partial charge is 0.211 e. The topological polar surface area (TPSA) is 95.5 Å². The summed E-state index contributed by atoms with van der Waals surface area (Å²) in [6, 6.07) is 0. The van der Waals surface area contributed by atoms with E-state index in [1.54, 1.807) is 25.3 Å². The molecule has 0 unspecified atom stereocenters. The quantitative estimate of drug-likeness (QED) is 0.347. The number of nitrogens with zero attached hydrogens (tertiary/aromatic N) is 2. The number of guanidine groups is 1. The van der Waals surface area contributed by atoms with Gasteiger partial charge in [0.15, 0.2) is 5.96 Å². The van der Waals surface area contributed by atoms with Gasteiger partial charge in [0.1, 0.15) is 5.01 Å². The zero-order valence-electron chi connectivity index (χ0n) is 13.3. The van der Waals surface area contributed by atoms with Crippen molar-refractivity contribution in [2.24, 2.45) is 4.99 Å². The van der Waals surface area contributed by atoms with Crippen molar-refractivity contribution in [3.8, 4) is 0 Å². The molecule has 9 heteroatoms. The molecule has 1 rings (SSSR count). The van der Waals surface area contributed by atoms with Crippen LogP contribution in [0.5, 0.6) is 0 Å². The lowest BCUT2D eigenvalue weighted by Crippen LogP contribution is -2.38. The van der Waals surface area contributed by atoms with Crippen LogP contribution in [0.3, 0.4) is 0 Å². The maximum atomic E-state index is 11.3. The molecule has 7 nitrogen and oxygen atoms in total. The molecule has 1 aromatic rings. The average Bonchev–Trinajstić information content (AvgIpc) is 2.98. The summed E-state index contributed by atoms with van der Waals surface area (Å²) >= 11 is 1.69. The van der Waals surface area contributed by atoms with E-state index in [1.165, 1.54) is 4.88 Å². The Kier molecular flexibility index (Phi) is 8.36. The highest BCUT2D eigenvalue weighted by Gasteiger charge is 2.05. The summed E-state index contributed by atoms with van der Waals surface area (Å²) in [5.41, 5.74) is 0. The van der Waals surface area contributed by atoms with Crippen molar-refractivity contribution in [2.45, 2.75) is 33.2 Å². The Hall–Kier alpha value is -1.19. The molecule has 0 saturated carbocycles. The van der Waals surface area contributed by atoms with Crippen LogP contribution >= 0.6 is 11.3 Å². The standard InChI is InChI=1S/C13H25N5O2S2/c1-4-11-9-16-12(21-11)10-17-13(14-3)15-7-6-8-18-22(19,20)5-2/h9,18H,4-8,10H2,1-3H3,(H2,14,15,17). The van der Waals surface area contributed by atoms with Crippen molar-refractivity contribution in [3.05, 3.63) is 16.1 Å². The number of hydrogen-bond acceptors (Lipinski definition) is 5. The predicted octanol–water partition coefficient (Wildman–Crippen LogP) is 0.700. The van der Waals surface area contributed by atoms with Crippen LogP contribution in [-0.2, 0) is 23.0 Å². The van der Waals surface area contributed by atoms with Crippen LogP contribution in [0.4, 0.5) is 0 Å². The molecule has 0 fully saturated rings. The first-order chi connectivity index (χ1) is 10.5. The fourth-order valence-corrected chi connectivity index (χ4v) is 3.06.